The Hall–Kier alpha value is -1.09. The van der Waals surface area contributed by atoms with Gasteiger partial charge in [0.15, 0.2) is 5.65 Å². The van der Waals surface area contributed by atoms with E-state index in [0.29, 0.717) is 10.7 Å². The van der Waals surface area contributed by atoms with Gasteiger partial charge in [-0.05, 0) is 6.07 Å². The second-order valence-electron chi connectivity index (χ2n) is 1.87. The van der Waals surface area contributed by atoms with Gasteiger partial charge in [-0.3, -0.25) is 0 Å². The minimum Gasteiger partial charge on any atom is -0.234 e. The van der Waals surface area contributed by atoms with Crippen molar-refractivity contribution in [1.82, 2.24) is 14.6 Å². The lowest BCUT2D eigenvalue weighted by Crippen LogP contribution is -1.87. The first-order valence-electron chi connectivity index (χ1n) is 2.82. The Bertz CT molecular complexity index is 355. The lowest BCUT2D eigenvalue weighted by atomic mass is 10.6. The molecule has 0 spiro atoms. The van der Waals surface area contributed by atoms with Crippen LogP contribution in [0.2, 0.25) is 5.02 Å². The van der Waals surface area contributed by atoms with Crippen LogP contribution in [0.1, 0.15) is 0 Å². The molecule has 0 aliphatic rings. The zero-order valence-corrected chi connectivity index (χ0v) is 5.78. The molecule has 0 saturated carbocycles. The zero-order chi connectivity index (χ0) is 6.97. The van der Waals surface area contributed by atoms with E-state index in [2.05, 4.69) is 10.1 Å². The first-order valence-corrected chi connectivity index (χ1v) is 3.19. The molecule has 0 bridgehead atoms. The summed E-state index contributed by atoms with van der Waals surface area (Å²) in [6, 6.07) is 1.71. The van der Waals surface area contributed by atoms with E-state index in [4.69, 9.17) is 11.6 Å². The van der Waals surface area contributed by atoms with E-state index in [1.807, 2.05) is 0 Å². The molecule has 50 valence electrons. The fourth-order valence-electron chi connectivity index (χ4n) is 0.806. The van der Waals surface area contributed by atoms with Crippen molar-refractivity contribution in [1.29, 1.82) is 0 Å². The van der Waals surface area contributed by atoms with Crippen molar-refractivity contribution in [3.8, 4) is 0 Å². The zero-order valence-electron chi connectivity index (χ0n) is 5.03. The highest BCUT2D eigenvalue weighted by atomic mass is 35.5. The third-order valence-corrected chi connectivity index (χ3v) is 1.54. The van der Waals surface area contributed by atoms with Gasteiger partial charge in [0, 0.05) is 18.6 Å². The predicted octanol–water partition coefficient (Wildman–Crippen LogP) is 1.38. The van der Waals surface area contributed by atoms with Crippen LogP contribution in [-0.2, 0) is 0 Å². The molecule has 0 fully saturated rings. The first kappa shape index (κ1) is 5.68. The molecule has 2 heterocycles. The van der Waals surface area contributed by atoms with Crippen LogP contribution < -0.4 is 0 Å². The fraction of sp³-hybridized carbons (Fsp3) is 0. The molecular weight excluding hydrogens is 150 g/mol. The largest absolute Gasteiger partial charge is 0.234 e. The second kappa shape index (κ2) is 1.95. The van der Waals surface area contributed by atoms with Crippen LogP contribution in [-0.4, -0.2) is 14.6 Å². The number of hydrogen-bond donors (Lipinski definition) is 0. The summed E-state index contributed by atoms with van der Waals surface area (Å²) in [5.41, 5.74) is 0.698. The Labute approximate surface area is 62.3 Å². The average Bonchev–Trinajstić information content (AvgIpc) is 2.36. The summed E-state index contributed by atoms with van der Waals surface area (Å²) in [6.45, 7) is 0. The van der Waals surface area contributed by atoms with Gasteiger partial charge in [0.2, 0.25) is 0 Å². The van der Waals surface area contributed by atoms with Crippen molar-refractivity contribution < 1.29 is 0 Å². The highest BCUT2D eigenvalue weighted by molar-refractivity contribution is 6.33. The smallest absolute Gasteiger partial charge is 0.172 e. The van der Waals surface area contributed by atoms with E-state index >= 15 is 0 Å². The summed E-state index contributed by atoms with van der Waals surface area (Å²) in [7, 11) is 0. The van der Waals surface area contributed by atoms with Gasteiger partial charge in [0.05, 0.1) is 5.02 Å². The van der Waals surface area contributed by atoms with Gasteiger partial charge in [-0.25, -0.2) is 9.50 Å². The standard InChI is InChI=1S/C6H4ClN3/c7-5-1-2-9-10-4-3-8-6(5)10/h1-4H. The van der Waals surface area contributed by atoms with Crippen LogP contribution in [0, 0.1) is 0 Å². The Morgan fingerprint density at radius 3 is 3.10 bits per heavy atom. The van der Waals surface area contributed by atoms with Crippen molar-refractivity contribution in [2.75, 3.05) is 0 Å². The predicted molar refractivity (Wildman–Crippen MR) is 38.0 cm³/mol. The summed E-state index contributed by atoms with van der Waals surface area (Å²) in [6.07, 6.45) is 5.05. The number of nitrogens with zero attached hydrogens (tertiary/aromatic N) is 3. The van der Waals surface area contributed by atoms with Crippen molar-refractivity contribution in [2.45, 2.75) is 0 Å². The van der Waals surface area contributed by atoms with Crippen LogP contribution >= 0.6 is 11.6 Å². The molecule has 0 aliphatic heterocycles. The molecule has 10 heavy (non-hydrogen) atoms. The third kappa shape index (κ3) is 0.675. The number of aromatic nitrogens is 3. The van der Waals surface area contributed by atoms with Gasteiger partial charge in [-0.2, -0.15) is 5.10 Å². The van der Waals surface area contributed by atoms with Crippen LogP contribution in [0.4, 0.5) is 0 Å². The number of imidazole rings is 1. The van der Waals surface area contributed by atoms with E-state index in [1.165, 1.54) is 0 Å². The lowest BCUT2D eigenvalue weighted by molar-refractivity contribution is 0.936. The molecule has 0 aromatic carbocycles. The Kier molecular flexibility index (Phi) is 1.11. The molecule has 3 nitrogen and oxygen atoms in total. The van der Waals surface area contributed by atoms with Gasteiger partial charge < -0.3 is 0 Å². The number of halogens is 1. The summed E-state index contributed by atoms with van der Waals surface area (Å²) >= 11 is 5.78. The van der Waals surface area contributed by atoms with Crippen LogP contribution in [0.5, 0.6) is 0 Å². The maximum Gasteiger partial charge on any atom is 0.172 e. The highest BCUT2D eigenvalue weighted by Gasteiger charge is 1.96. The maximum atomic E-state index is 5.78. The molecule has 0 unspecified atom stereocenters. The molecule has 2 aromatic rings. The van der Waals surface area contributed by atoms with E-state index in [1.54, 1.807) is 29.2 Å². The van der Waals surface area contributed by atoms with Crippen molar-refractivity contribution in [3.05, 3.63) is 29.7 Å². The number of hydrogen-bond acceptors (Lipinski definition) is 2. The molecule has 0 N–H and O–H groups in total. The molecule has 0 aliphatic carbocycles. The minimum absolute atomic E-state index is 0.625. The summed E-state index contributed by atoms with van der Waals surface area (Å²) in [4.78, 5) is 3.99. The van der Waals surface area contributed by atoms with Gasteiger partial charge in [-0.1, -0.05) is 11.6 Å². The Morgan fingerprint density at radius 2 is 2.30 bits per heavy atom. The SMILES string of the molecule is Clc1ccnn2ccnc12. The molecular formula is C6H4ClN3. The van der Waals surface area contributed by atoms with Crippen LogP contribution in [0.15, 0.2) is 24.7 Å². The van der Waals surface area contributed by atoms with Gasteiger partial charge >= 0.3 is 0 Å². The summed E-state index contributed by atoms with van der Waals surface area (Å²) in [5.74, 6) is 0. The molecule has 2 aromatic heterocycles. The summed E-state index contributed by atoms with van der Waals surface area (Å²) in [5, 5.41) is 4.60. The number of rotatable bonds is 0. The van der Waals surface area contributed by atoms with Crippen molar-refractivity contribution >= 4 is 17.2 Å². The van der Waals surface area contributed by atoms with E-state index < -0.39 is 0 Å². The number of fused-ring (bicyclic) bond motifs is 1. The van der Waals surface area contributed by atoms with Crippen LogP contribution in [0.3, 0.4) is 0 Å². The Balaban J connectivity index is 2.95. The maximum absolute atomic E-state index is 5.78. The van der Waals surface area contributed by atoms with Gasteiger partial charge in [0.25, 0.3) is 0 Å². The second-order valence-corrected chi connectivity index (χ2v) is 2.28. The third-order valence-electron chi connectivity index (χ3n) is 1.25. The molecule has 0 atom stereocenters. The normalized spacial score (nSPS) is 10.5. The molecule has 0 radical (unpaired) electrons. The fourth-order valence-corrected chi connectivity index (χ4v) is 0.998. The lowest BCUT2D eigenvalue weighted by Gasteiger charge is -1.90. The highest BCUT2D eigenvalue weighted by Crippen LogP contribution is 2.11. The van der Waals surface area contributed by atoms with Crippen LogP contribution in [0.25, 0.3) is 5.65 Å². The average molecular weight is 154 g/mol. The van der Waals surface area contributed by atoms with E-state index in [0.717, 1.165) is 0 Å². The molecule has 0 amide bonds. The monoisotopic (exact) mass is 153 g/mol. The molecule has 0 saturated heterocycles. The molecule has 2 rings (SSSR count). The van der Waals surface area contributed by atoms with E-state index in [-0.39, 0.29) is 0 Å². The van der Waals surface area contributed by atoms with Gasteiger partial charge in [-0.15, -0.1) is 0 Å². The van der Waals surface area contributed by atoms with Crippen molar-refractivity contribution in [3.63, 3.8) is 0 Å². The Morgan fingerprint density at radius 1 is 1.40 bits per heavy atom. The van der Waals surface area contributed by atoms with Gasteiger partial charge in [0.1, 0.15) is 0 Å². The quantitative estimate of drug-likeness (QED) is 0.573. The topological polar surface area (TPSA) is 30.2 Å². The minimum atomic E-state index is 0.625. The first-order chi connectivity index (χ1) is 4.88. The van der Waals surface area contributed by atoms with E-state index in [9.17, 15) is 0 Å². The van der Waals surface area contributed by atoms with Crippen molar-refractivity contribution in [2.24, 2.45) is 0 Å². The summed E-state index contributed by atoms with van der Waals surface area (Å²) < 4.78 is 1.63. The molecule has 4 heteroatoms.